The van der Waals surface area contributed by atoms with E-state index in [0.29, 0.717) is 17.6 Å². The molecule has 1 aromatic carbocycles. The number of thiocarbonyl (C=S) groups is 1. The Labute approximate surface area is 164 Å². The van der Waals surface area contributed by atoms with Crippen molar-refractivity contribution in [1.29, 1.82) is 0 Å². The van der Waals surface area contributed by atoms with Gasteiger partial charge in [-0.2, -0.15) is 0 Å². The zero-order valence-corrected chi connectivity index (χ0v) is 15.8. The molecule has 1 heterocycles. The molecule has 27 heavy (non-hydrogen) atoms. The number of aliphatic imine (C=N–C) groups is 2. The number of nitrogens with one attached hydrogen (secondary N) is 2. The van der Waals surface area contributed by atoms with E-state index in [1.54, 1.807) is 0 Å². The third kappa shape index (κ3) is 4.39. The molecule has 0 aromatic heterocycles. The van der Waals surface area contributed by atoms with E-state index in [2.05, 4.69) is 20.6 Å². The van der Waals surface area contributed by atoms with Crippen LogP contribution >= 0.6 is 12.2 Å². The first-order chi connectivity index (χ1) is 13.2. The SMILES string of the molecule is O=C(Cc1ccc(NC2=NC(=S)N=C3C=CC=CC32)cc1)NC1CCCC1. The highest BCUT2D eigenvalue weighted by atomic mass is 32.1. The van der Waals surface area contributed by atoms with Gasteiger partial charge in [-0.05, 0) is 48.8 Å². The summed E-state index contributed by atoms with van der Waals surface area (Å²) in [4.78, 5) is 20.9. The molecule has 2 aliphatic carbocycles. The van der Waals surface area contributed by atoms with E-state index in [1.807, 2.05) is 48.6 Å². The Morgan fingerprint density at radius 1 is 1.11 bits per heavy atom. The third-order valence-corrected chi connectivity index (χ3v) is 5.23. The normalized spacial score (nSPS) is 21.5. The molecular formula is C21H22N4OS. The monoisotopic (exact) mass is 378 g/mol. The fraction of sp³-hybridized carbons (Fsp3) is 0.333. The maximum atomic E-state index is 12.2. The van der Waals surface area contributed by atoms with Crippen LogP contribution < -0.4 is 10.6 Å². The number of nitrogens with zero attached hydrogens (tertiary/aromatic N) is 2. The van der Waals surface area contributed by atoms with Gasteiger partial charge in [-0.25, -0.2) is 9.98 Å². The Morgan fingerprint density at radius 3 is 2.67 bits per heavy atom. The molecule has 3 aliphatic rings. The van der Waals surface area contributed by atoms with Crippen LogP contribution in [0, 0.1) is 5.92 Å². The quantitative estimate of drug-likeness (QED) is 0.787. The Morgan fingerprint density at radius 2 is 1.89 bits per heavy atom. The average molecular weight is 379 g/mol. The summed E-state index contributed by atoms with van der Waals surface area (Å²) in [7, 11) is 0. The molecule has 0 saturated heterocycles. The van der Waals surface area contributed by atoms with E-state index < -0.39 is 0 Å². The van der Waals surface area contributed by atoms with Gasteiger partial charge in [0.15, 0.2) is 0 Å². The first-order valence-corrected chi connectivity index (χ1v) is 9.79. The van der Waals surface area contributed by atoms with Gasteiger partial charge in [-0.15, -0.1) is 0 Å². The predicted molar refractivity (Wildman–Crippen MR) is 113 cm³/mol. The van der Waals surface area contributed by atoms with Crippen molar-refractivity contribution in [3.63, 3.8) is 0 Å². The summed E-state index contributed by atoms with van der Waals surface area (Å²) < 4.78 is 0. The van der Waals surface area contributed by atoms with Crippen molar-refractivity contribution in [1.82, 2.24) is 5.32 Å². The number of anilines is 1. The van der Waals surface area contributed by atoms with Gasteiger partial charge in [-0.3, -0.25) is 4.79 Å². The lowest BCUT2D eigenvalue weighted by Crippen LogP contribution is -2.33. The number of amidine groups is 1. The topological polar surface area (TPSA) is 65.8 Å². The Bertz CT molecular complexity index is 861. The molecule has 6 heteroatoms. The molecule has 138 valence electrons. The fourth-order valence-electron chi connectivity index (χ4n) is 3.67. The summed E-state index contributed by atoms with van der Waals surface area (Å²) in [5, 5.41) is 6.81. The van der Waals surface area contributed by atoms with Crippen LogP contribution in [-0.2, 0) is 11.2 Å². The molecule has 2 N–H and O–H groups in total. The van der Waals surface area contributed by atoms with E-state index in [9.17, 15) is 4.79 Å². The van der Waals surface area contributed by atoms with Crippen LogP contribution in [0.5, 0.6) is 0 Å². The molecule has 5 nitrogen and oxygen atoms in total. The second-order valence-corrected chi connectivity index (χ2v) is 7.45. The molecule has 1 atom stereocenters. The van der Waals surface area contributed by atoms with Crippen LogP contribution in [0.15, 0.2) is 58.6 Å². The van der Waals surface area contributed by atoms with E-state index in [0.717, 1.165) is 35.6 Å². The standard InChI is InChI=1S/C21H22N4OS/c26-19(22-15-5-1-2-6-15)13-14-9-11-16(12-10-14)23-20-17-7-3-4-8-18(17)24-21(27)25-20/h3-4,7-12,15,17H,1-2,5-6,13H2,(H,22,26)(H,23,25,27). The van der Waals surface area contributed by atoms with Gasteiger partial charge in [0.05, 0.1) is 18.1 Å². The number of rotatable bonds is 4. The van der Waals surface area contributed by atoms with Crippen LogP contribution in [0.2, 0.25) is 0 Å². The summed E-state index contributed by atoms with van der Waals surface area (Å²) >= 11 is 5.18. The maximum absolute atomic E-state index is 12.2. The van der Waals surface area contributed by atoms with Crippen molar-refractivity contribution >= 4 is 40.5 Å². The zero-order chi connectivity index (χ0) is 18.6. The molecule has 0 bridgehead atoms. The smallest absolute Gasteiger partial charge is 0.224 e. The average Bonchev–Trinajstić information content (AvgIpc) is 3.16. The number of amides is 1. The van der Waals surface area contributed by atoms with Crippen molar-refractivity contribution in [3.8, 4) is 0 Å². The number of allylic oxidation sites excluding steroid dienone is 3. The van der Waals surface area contributed by atoms with E-state index in [1.165, 1.54) is 12.8 Å². The van der Waals surface area contributed by atoms with Gasteiger partial charge in [-0.1, -0.05) is 43.2 Å². The van der Waals surface area contributed by atoms with Gasteiger partial charge in [0.1, 0.15) is 5.84 Å². The van der Waals surface area contributed by atoms with Gasteiger partial charge in [0.2, 0.25) is 11.0 Å². The summed E-state index contributed by atoms with van der Waals surface area (Å²) in [6.45, 7) is 0. The van der Waals surface area contributed by atoms with E-state index >= 15 is 0 Å². The van der Waals surface area contributed by atoms with Crippen LogP contribution in [0.3, 0.4) is 0 Å². The van der Waals surface area contributed by atoms with Gasteiger partial charge in [0.25, 0.3) is 0 Å². The first-order valence-electron chi connectivity index (χ1n) is 9.39. The lowest BCUT2D eigenvalue weighted by molar-refractivity contribution is -0.121. The molecule has 1 aliphatic heterocycles. The van der Waals surface area contributed by atoms with Crippen LogP contribution in [0.25, 0.3) is 0 Å². The molecule has 1 unspecified atom stereocenters. The van der Waals surface area contributed by atoms with Crippen molar-refractivity contribution in [3.05, 3.63) is 54.1 Å². The molecule has 1 amide bonds. The van der Waals surface area contributed by atoms with Crippen LogP contribution in [0.4, 0.5) is 5.69 Å². The van der Waals surface area contributed by atoms with Crippen molar-refractivity contribution in [2.75, 3.05) is 5.32 Å². The zero-order valence-electron chi connectivity index (χ0n) is 15.0. The molecule has 4 rings (SSSR count). The molecule has 1 saturated carbocycles. The van der Waals surface area contributed by atoms with Crippen molar-refractivity contribution < 1.29 is 4.79 Å². The molecule has 0 spiro atoms. The molecule has 1 fully saturated rings. The summed E-state index contributed by atoms with van der Waals surface area (Å²) in [6, 6.07) is 8.25. The summed E-state index contributed by atoms with van der Waals surface area (Å²) in [6.07, 6.45) is 13.0. The molecular weight excluding hydrogens is 356 g/mol. The molecule has 0 radical (unpaired) electrons. The van der Waals surface area contributed by atoms with E-state index in [-0.39, 0.29) is 11.8 Å². The maximum Gasteiger partial charge on any atom is 0.224 e. The van der Waals surface area contributed by atoms with Gasteiger partial charge < -0.3 is 10.6 Å². The van der Waals surface area contributed by atoms with E-state index in [4.69, 9.17) is 12.2 Å². The highest BCUT2D eigenvalue weighted by Gasteiger charge is 2.24. The Balaban J connectivity index is 1.38. The highest BCUT2D eigenvalue weighted by molar-refractivity contribution is 7.80. The largest absolute Gasteiger partial charge is 0.353 e. The van der Waals surface area contributed by atoms with Crippen molar-refractivity contribution in [2.45, 2.75) is 38.1 Å². The van der Waals surface area contributed by atoms with Gasteiger partial charge >= 0.3 is 0 Å². The van der Waals surface area contributed by atoms with Gasteiger partial charge in [0, 0.05) is 11.7 Å². The van der Waals surface area contributed by atoms with Crippen LogP contribution in [0.1, 0.15) is 31.2 Å². The first kappa shape index (κ1) is 17.8. The number of fused-ring (bicyclic) bond motifs is 1. The third-order valence-electron chi connectivity index (χ3n) is 5.05. The Kier molecular flexibility index (Phi) is 5.25. The van der Waals surface area contributed by atoms with Crippen molar-refractivity contribution in [2.24, 2.45) is 15.9 Å². The minimum Gasteiger partial charge on any atom is -0.353 e. The minimum absolute atomic E-state index is 0.00133. The molecule has 1 aromatic rings. The van der Waals surface area contributed by atoms with Crippen LogP contribution in [-0.4, -0.2) is 28.6 Å². The second kappa shape index (κ2) is 7.96. The number of benzene rings is 1. The predicted octanol–water partition coefficient (Wildman–Crippen LogP) is 3.58. The lowest BCUT2D eigenvalue weighted by atomic mass is 9.96. The number of carbonyl (C=O) groups excluding carboxylic acids is 1. The summed E-state index contributed by atoms with van der Waals surface area (Å²) in [5.41, 5.74) is 2.82. The lowest BCUT2D eigenvalue weighted by Gasteiger charge is -2.22. The second-order valence-electron chi connectivity index (χ2n) is 7.09. The number of hydrogen-bond acceptors (Lipinski definition) is 3. The minimum atomic E-state index is -0.00133. The number of carbonyl (C=O) groups is 1. The fourth-order valence-corrected chi connectivity index (χ4v) is 3.88. The number of hydrogen-bond donors (Lipinski definition) is 2. The highest BCUT2D eigenvalue weighted by Crippen LogP contribution is 2.20. The Hall–Kier alpha value is -2.60. The summed E-state index contributed by atoms with van der Waals surface area (Å²) in [5.74, 6) is 0.875.